The minimum atomic E-state index is -0.439. The van der Waals surface area contributed by atoms with Gasteiger partial charge in [0.15, 0.2) is 0 Å². The van der Waals surface area contributed by atoms with Crippen molar-refractivity contribution >= 4 is 23.2 Å². The quantitative estimate of drug-likeness (QED) is 0.890. The van der Waals surface area contributed by atoms with Crippen LogP contribution in [0.3, 0.4) is 0 Å². The number of aliphatic hydroxyl groups is 1. The summed E-state index contributed by atoms with van der Waals surface area (Å²) in [6.07, 6.45) is 4.64. The van der Waals surface area contributed by atoms with Gasteiger partial charge in [0, 0.05) is 18.5 Å². The van der Waals surface area contributed by atoms with Crippen LogP contribution in [-0.4, -0.2) is 35.7 Å². The van der Waals surface area contributed by atoms with E-state index in [2.05, 4.69) is 11.0 Å². The molecule has 0 radical (unpaired) electrons. The molecule has 124 valence electrons. The minimum Gasteiger partial charge on any atom is -0.391 e. The van der Waals surface area contributed by atoms with Crippen molar-refractivity contribution < 1.29 is 5.11 Å². The summed E-state index contributed by atoms with van der Waals surface area (Å²) < 4.78 is 0. The maximum atomic E-state index is 10.9. The largest absolute Gasteiger partial charge is 0.391 e. The smallest absolute Gasteiger partial charge is 0.0763 e. The second kappa shape index (κ2) is 6.99. The summed E-state index contributed by atoms with van der Waals surface area (Å²) >= 11 is 12.2. The van der Waals surface area contributed by atoms with E-state index in [-0.39, 0.29) is 11.3 Å². The van der Waals surface area contributed by atoms with Crippen molar-refractivity contribution in [1.29, 1.82) is 5.26 Å². The van der Waals surface area contributed by atoms with E-state index < -0.39 is 6.10 Å². The molecule has 1 aliphatic carbocycles. The first-order valence-electron chi connectivity index (χ1n) is 8.31. The molecular weight excluding hydrogens is 331 g/mol. The highest BCUT2D eigenvalue weighted by Crippen LogP contribution is 2.47. The number of nitriles is 1. The third-order valence-electron chi connectivity index (χ3n) is 5.50. The fourth-order valence-corrected chi connectivity index (χ4v) is 4.22. The van der Waals surface area contributed by atoms with E-state index in [0.29, 0.717) is 16.6 Å². The summed E-state index contributed by atoms with van der Waals surface area (Å²) in [7, 11) is 0. The summed E-state index contributed by atoms with van der Waals surface area (Å²) in [6.45, 7) is 2.36. The second-order valence-electron chi connectivity index (χ2n) is 6.88. The Kier molecular flexibility index (Phi) is 5.18. The molecule has 2 fully saturated rings. The van der Waals surface area contributed by atoms with Gasteiger partial charge in [-0.3, -0.25) is 4.90 Å². The molecule has 1 heterocycles. The molecule has 3 rings (SSSR count). The van der Waals surface area contributed by atoms with Crippen LogP contribution in [0.4, 0.5) is 0 Å². The maximum absolute atomic E-state index is 10.9. The molecule has 3 nitrogen and oxygen atoms in total. The van der Waals surface area contributed by atoms with E-state index in [4.69, 9.17) is 28.5 Å². The second-order valence-corrected chi connectivity index (χ2v) is 7.70. The van der Waals surface area contributed by atoms with Crippen LogP contribution >= 0.6 is 23.2 Å². The monoisotopic (exact) mass is 352 g/mol. The highest BCUT2D eigenvalue weighted by atomic mass is 35.5. The van der Waals surface area contributed by atoms with Crippen LogP contribution in [0.1, 0.15) is 37.7 Å². The van der Waals surface area contributed by atoms with Crippen molar-refractivity contribution in [3.05, 3.63) is 33.8 Å². The average Bonchev–Trinajstić information content (AvgIpc) is 2.50. The van der Waals surface area contributed by atoms with Crippen LogP contribution in [0, 0.1) is 17.2 Å². The molecular formula is C18H22Cl2N2O. The lowest BCUT2D eigenvalue weighted by atomic mass is 9.61. The first-order chi connectivity index (χ1) is 11.0. The number of likely N-dealkylation sites (tertiary alicyclic amines) is 1. The predicted octanol–water partition coefficient (Wildman–Crippen LogP) is 4.01. The maximum Gasteiger partial charge on any atom is 0.0763 e. The van der Waals surface area contributed by atoms with Crippen molar-refractivity contribution in [2.24, 2.45) is 5.92 Å². The van der Waals surface area contributed by atoms with Gasteiger partial charge in [-0.25, -0.2) is 0 Å². The number of β-amino-alcohol motifs (C(OH)–C–C–N with tert-alkyl or cyclic N) is 1. The predicted molar refractivity (Wildman–Crippen MR) is 92.8 cm³/mol. The SMILES string of the molecule is N#CC1CCCN(CC(O)C2(c3ccc(Cl)c(Cl)c3)CCC2)C1. The molecule has 0 amide bonds. The lowest BCUT2D eigenvalue weighted by Gasteiger charge is -2.48. The summed E-state index contributed by atoms with van der Waals surface area (Å²) in [5.41, 5.74) is 0.868. The number of aliphatic hydroxyl groups excluding tert-OH is 1. The van der Waals surface area contributed by atoms with Crippen LogP contribution in [0.15, 0.2) is 18.2 Å². The van der Waals surface area contributed by atoms with Crippen molar-refractivity contribution in [3.63, 3.8) is 0 Å². The Morgan fingerprint density at radius 3 is 2.70 bits per heavy atom. The summed E-state index contributed by atoms with van der Waals surface area (Å²) in [4.78, 5) is 2.24. The topological polar surface area (TPSA) is 47.3 Å². The Morgan fingerprint density at radius 2 is 2.09 bits per heavy atom. The third kappa shape index (κ3) is 3.37. The summed E-state index contributed by atoms with van der Waals surface area (Å²) in [5.74, 6) is 0.0956. The number of nitrogens with zero attached hydrogens (tertiary/aromatic N) is 2. The van der Waals surface area contributed by atoms with Gasteiger partial charge in [0.2, 0.25) is 0 Å². The number of rotatable bonds is 4. The molecule has 1 N–H and O–H groups in total. The Hall–Kier alpha value is -0.790. The molecule has 0 aromatic heterocycles. The Bertz CT molecular complexity index is 610. The van der Waals surface area contributed by atoms with Crippen molar-refractivity contribution in [2.75, 3.05) is 19.6 Å². The zero-order valence-corrected chi connectivity index (χ0v) is 14.7. The molecule has 5 heteroatoms. The van der Waals surface area contributed by atoms with E-state index in [1.165, 1.54) is 0 Å². The highest BCUT2D eigenvalue weighted by molar-refractivity contribution is 6.42. The van der Waals surface area contributed by atoms with Crippen LogP contribution in [0.25, 0.3) is 0 Å². The average molecular weight is 353 g/mol. The van der Waals surface area contributed by atoms with Gasteiger partial charge in [-0.15, -0.1) is 0 Å². The van der Waals surface area contributed by atoms with Gasteiger partial charge >= 0.3 is 0 Å². The number of hydrogen-bond acceptors (Lipinski definition) is 3. The van der Waals surface area contributed by atoms with Gasteiger partial charge < -0.3 is 5.11 Å². The van der Waals surface area contributed by atoms with Gasteiger partial charge in [0.05, 0.1) is 28.1 Å². The molecule has 2 atom stereocenters. The Morgan fingerprint density at radius 1 is 1.30 bits per heavy atom. The molecule has 1 saturated heterocycles. The van der Waals surface area contributed by atoms with Crippen LogP contribution < -0.4 is 0 Å². The Balaban J connectivity index is 1.74. The van der Waals surface area contributed by atoms with Gasteiger partial charge in [0.1, 0.15) is 0 Å². The molecule has 1 aromatic carbocycles. The van der Waals surface area contributed by atoms with Gasteiger partial charge in [-0.2, -0.15) is 5.26 Å². The van der Waals surface area contributed by atoms with E-state index >= 15 is 0 Å². The van der Waals surface area contributed by atoms with Crippen molar-refractivity contribution in [3.8, 4) is 6.07 Å². The summed E-state index contributed by atoms with van der Waals surface area (Å²) in [6, 6.07) is 8.08. The fourth-order valence-electron chi connectivity index (χ4n) is 3.92. The van der Waals surface area contributed by atoms with E-state index in [1.807, 2.05) is 18.2 Å². The first-order valence-corrected chi connectivity index (χ1v) is 9.06. The number of piperidine rings is 1. The molecule has 0 bridgehead atoms. The summed E-state index contributed by atoms with van der Waals surface area (Å²) in [5, 5.41) is 21.2. The molecule has 1 aromatic rings. The first kappa shape index (κ1) is 17.0. The third-order valence-corrected chi connectivity index (χ3v) is 6.24. The lowest BCUT2D eigenvalue weighted by Crippen LogP contribution is -2.52. The standard InChI is InChI=1S/C18H22Cl2N2O/c19-15-5-4-14(9-16(15)20)18(6-2-7-18)17(23)12-22-8-1-3-13(10-21)11-22/h4-5,9,13,17,23H,1-3,6-8,11-12H2. The fraction of sp³-hybridized carbons (Fsp3) is 0.611. The minimum absolute atomic E-state index is 0.0956. The molecule has 2 aliphatic rings. The van der Waals surface area contributed by atoms with Crippen LogP contribution in [0.5, 0.6) is 0 Å². The highest BCUT2D eigenvalue weighted by Gasteiger charge is 2.45. The van der Waals surface area contributed by atoms with Gasteiger partial charge in [-0.05, 0) is 49.9 Å². The Labute approximate surface area is 147 Å². The van der Waals surface area contributed by atoms with E-state index in [9.17, 15) is 5.11 Å². The molecule has 0 spiro atoms. The van der Waals surface area contributed by atoms with Gasteiger partial charge in [-0.1, -0.05) is 35.7 Å². The van der Waals surface area contributed by atoms with E-state index in [0.717, 1.165) is 50.8 Å². The van der Waals surface area contributed by atoms with Crippen LogP contribution in [0.2, 0.25) is 10.0 Å². The molecule has 1 saturated carbocycles. The number of hydrogen-bond donors (Lipinski definition) is 1. The normalized spacial score (nSPS) is 25.4. The zero-order chi connectivity index (χ0) is 16.4. The zero-order valence-electron chi connectivity index (χ0n) is 13.1. The number of halogens is 2. The number of benzene rings is 1. The van der Waals surface area contributed by atoms with Gasteiger partial charge in [0.25, 0.3) is 0 Å². The molecule has 2 unspecified atom stereocenters. The van der Waals surface area contributed by atoms with Crippen molar-refractivity contribution in [1.82, 2.24) is 4.90 Å². The molecule has 23 heavy (non-hydrogen) atoms. The van der Waals surface area contributed by atoms with Crippen LogP contribution in [-0.2, 0) is 5.41 Å². The lowest BCUT2D eigenvalue weighted by molar-refractivity contribution is -0.00386. The van der Waals surface area contributed by atoms with E-state index in [1.54, 1.807) is 0 Å². The molecule has 1 aliphatic heterocycles. The van der Waals surface area contributed by atoms with Crippen molar-refractivity contribution in [2.45, 2.75) is 43.6 Å².